The fourth-order valence-electron chi connectivity index (χ4n) is 1.96. The van der Waals surface area contributed by atoms with E-state index in [0.29, 0.717) is 0 Å². The van der Waals surface area contributed by atoms with E-state index in [1.807, 2.05) is 12.1 Å². The molecule has 0 radical (unpaired) electrons. The summed E-state index contributed by atoms with van der Waals surface area (Å²) in [5.41, 5.74) is 4.74. The molecule has 0 fully saturated rings. The summed E-state index contributed by atoms with van der Waals surface area (Å²) in [4.78, 5) is 4.33. The zero-order valence-electron chi connectivity index (χ0n) is 9.12. The highest BCUT2D eigenvalue weighted by molar-refractivity contribution is 5.74. The molecule has 2 aromatic rings. The van der Waals surface area contributed by atoms with E-state index in [1.165, 1.54) is 11.1 Å². The smallest absolute Gasteiger partial charge is 0.153 e. The third kappa shape index (κ3) is 1.50. The molecule has 0 spiro atoms. The van der Waals surface area contributed by atoms with E-state index in [9.17, 15) is 0 Å². The summed E-state index contributed by atoms with van der Waals surface area (Å²) >= 11 is 0. The maximum atomic E-state index is 4.33. The predicted molar refractivity (Wildman–Crippen MR) is 66.0 cm³/mol. The lowest BCUT2D eigenvalue weighted by atomic mass is 10.1. The van der Waals surface area contributed by atoms with Gasteiger partial charge in [-0.3, -0.25) is 0 Å². The van der Waals surface area contributed by atoms with Crippen LogP contribution in [-0.2, 0) is 6.54 Å². The average molecular weight is 211 g/mol. The van der Waals surface area contributed by atoms with Crippen molar-refractivity contribution in [1.29, 1.82) is 0 Å². The number of anilines is 3. The van der Waals surface area contributed by atoms with Crippen LogP contribution in [0.5, 0.6) is 0 Å². The number of pyridine rings is 1. The normalized spacial score (nSPS) is 12.8. The molecular formula is C13H13N3. The second kappa shape index (κ2) is 3.52. The molecule has 0 unspecified atom stereocenters. The molecule has 0 amide bonds. The van der Waals surface area contributed by atoms with Crippen LogP contribution in [0.2, 0.25) is 0 Å². The first kappa shape index (κ1) is 9.21. The van der Waals surface area contributed by atoms with Gasteiger partial charge in [0.05, 0.1) is 5.69 Å². The van der Waals surface area contributed by atoms with Crippen LogP contribution >= 0.6 is 0 Å². The molecular weight excluding hydrogens is 198 g/mol. The highest BCUT2D eigenvalue weighted by Gasteiger charge is 2.11. The molecule has 3 heteroatoms. The SMILES string of the molecule is Cc1ccc2c(c1)CNc1cccnc1N2. The van der Waals surface area contributed by atoms with Crippen molar-refractivity contribution in [3.8, 4) is 0 Å². The van der Waals surface area contributed by atoms with Crippen molar-refractivity contribution in [2.75, 3.05) is 10.6 Å². The van der Waals surface area contributed by atoms with E-state index < -0.39 is 0 Å². The fraction of sp³-hybridized carbons (Fsp3) is 0.154. The molecule has 16 heavy (non-hydrogen) atoms. The van der Waals surface area contributed by atoms with Crippen LogP contribution in [-0.4, -0.2) is 4.98 Å². The van der Waals surface area contributed by atoms with Crippen LogP contribution < -0.4 is 10.6 Å². The van der Waals surface area contributed by atoms with Crippen LogP contribution in [0, 0.1) is 6.92 Å². The Morgan fingerprint density at radius 2 is 2.12 bits per heavy atom. The topological polar surface area (TPSA) is 37.0 Å². The van der Waals surface area contributed by atoms with E-state index in [1.54, 1.807) is 6.20 Å². The van der Waals surface area contributed by atoms with Crippen molar-refractivity contribution in [3.05, 3.63) is 47.7 Å². The van der Waals surface area contributed by atoms with E-state index in [4.69, 9.17) is 0 Å². The molecule has 1 aromatic carbocycles. The molecule has 3 rings (SSSR count). The molecule has 1 aromatic heterocycles. The van der Waals surface area contributed by atoms with Crippen molar-refractivity contribution in [1.82, 2.24) is 4.98 Å². The molecule has 0 saturated heterocycles. The lowest BCUT2D eigenvalue weighted by Crippen LogP contribution is -1.97. The Bertz CT molecular complexity index is 534. The Hall–Kier alpha value is -2.03. The number of hydrogen-bond acceptors (Lipinski definition) is 3. The van der Waals surface area contributed by atoms with Crippen LogP contribution in [0.3, 0.4) is 0 Å². The highest BCUT2D eigenvalue weighted by Crippen LogP contribution is 2.30. The largest absolute Gasteiger partial charge is 0.378 e. The quantitative estimate of drug-likeness (QED) is 0.703. The molecule has 0 bridgehead atoms. The molecule has 1 aliphatic rings. The number of hydrogen-bond donors (Lipinski definition) is 2. The third-order valence-corrected chi connectivity index (χ3v) is 2.79. The van der Waals surface area contributed by atoms with Gasteiger partial charge in [0.2, 0.25) is 0 Å². The van der Waals surface area contributed by atoms with Crippen LogP contribution in [0.4, 0.5) is 17.2 Å². The van der Waals surface area contributed by atoms with Gasteiger partial charge in [-0.25, -0.2) is 4.98 Å². The molecule has 0 aliphatic carbocycles. The standard InChI is InChI=1S/C13H13N3/c1-9-4-5-11-10(7-9)8-15-12-3-2-6-14-13(12)16-11/h2-7,15H,8H2,1H3,(H,14,16). The number of aromatic nitrogens is 1. The van der Waals surface area contributed by atoms with Gasteiger partial charge in [-0.1, -0.05) is 17.7 Å². The van der Waals surface area contributed by atoms with E-state index in [-0.39, 0.29) is 0 Å². The van der Waals surface area contributed by atoms with Gasteiger partial charge in [-0.05, 0) is 30.7 Å². The van der Waals surface area contributed by atoms with Crippen molar-refractivity contribution >= 4 is 17.2 Å². The van der Waals surface area contributed by atoms with Gasteiger partial charge in [-0.15, -0.1) is 0 Å². The van der Waals surface area contributed by atoms with Gasteiger partial charge in [0.1, 0.15) is 0 Å². The molecule has 3 nitrogen and oxygen atoms in total. The van der Waals surface area contributed by atoms with Gasteiger partial charge in [0, 0.05) is 18.4 Å². The molecule has 2 heterocycles. The first-order valence-electron chi connectivity index (χ1n) is 5.38. The molecule has 80 valence electrons. The zero-order chi connectivity index (χ0) is 11.0. The monoisotopic (exact) mass is 211 g/mol. The van der Waals surface area contributed by atoms with Gasteiger partial charge >= 0.3 is 0 Å². The van der Waals surface area contributed by atoms with Gasteiger partial charge in [0.25, 0.3) is 0 Å². The van der Waals surface area contributed by atoms with Gasteiger partial charge in [-0.2, -0.15) is 0 Å². The van der Waals surface area contributed by atoms with Crippen LogP contribution in [0.25, 0.3) is 0 Å². The number of fused-ring (bicyclic) bond motifs is 2. The summed E-state index contributed by atoms with van der Waals surface area (Å²) in [5.74, 6) is 0.894. The minimum atomic E-state index is 0.836. The summed E-state index contributed by atoms with van der Waals surface area (Å²) in [5, 5.41) is 6.74. The number of nitrogens with zero attached hydrogens (tertiary/aromatic N) is 1. The summed E-state index contributed by atoms with van der Waals surface area (Å²) in [6.45, 7) is 2.94. The molecule has 0 saturated carbocycles. The van der Waals surface area contributed by atoms with Gasteiger partial charge in [0.15, 0.2) is 5.82 Å². The third-order valence-electron chi connectivity index (χ3n) is 2.79. The lowest BCUT2D eigenvalue weighted by molar-refractivity contribution is 1.16. The van der Waals surface area contributed by atoms with Crippen molar-refractivity contribution in [2.24, 2.45) is 0 Å². The maximum absolute atomic E-state index is 4.33. The summed E-state index contributed by atoms with van der Waals surface area (Å²) in [7, 11) is 0. The molecule has 0 atom stereocenters. The number of rotatable bonds is 0. The minimum Gasteiger partial charge on any atom is -0.378 e. The Kier molecular flexibility index (Phi) is 2.03. The average Bonchev–Trinajstić information content (AvgIpc) is 2.48. The molecule has 1 aliphatic heterocycles. The minimum absolute atomic E-state index is 0.836. The highest BCUT2D eigenvalue weighted by atomic mass is 15.1. The summed E-state index contributed by atoms with van der Waals surface area (Å²) in [6, 6.07) is 10.4. The van der Waals surface area contributed by atoms with E-state index in [0.717, 1.165) is 23.7 Å². The van der Waals surface area contributed by atoms with Crippen molar-refractivity contribution in [2.45, 2.75) is 13.5 Å². The van der Waals surface area contributed by atoms with E-state index in [2.05, 4.69) is 40.7 Å². The van der Waals surface area contributed by atoms with Crippen LogP contribution in [0.1, 0.15) is 11.1 Å². The Balaban J connectivity index is 2.08. The number of aryl methyl sites for hydroxylation is 1. The number of benzene rings is 1. The van der Waals surface area contributed by atoms with Crippen LogP contribution in [0.15, 0.2) is 36.5 Å². The Labute approximate surface area is 94.5 Å². The number of nitrogens with one attached hydrogen (secondary N) is 2. The predicted octanol–water partition coefficient (Wildman–Crippen LogP) is 3.06. The first-order valence-corrected chi connectivity index (χ1v) is 5.38. The zero-order valence-corrected chi connectivity index (χ0v) is 9.12. The lowest BCUT2D eigenvalue weighted by Gasteiger charge is -2.07. The fourth-order valence-corrected chi connectivity index (χ4v) is 1.96. The second-order valence-electron chi connectivity index (χ2n) is 4.04. The summed E-state index contributed by atoms with van der Waals surface area (Å²) in [6.07, 6.45) is 1.80. The van der Waals surface area contributed by atoms with Crippen molar-refractivity contribution in [3.63, 3.8) is 0 Å². The Morgan fingerprint density at radius 1 is 1.19 bits per heavy atom. The Morgan fingerprint density at radius 3 is 3.06 bits per heavy atom. The maximum Gasteiger partial charge on any atom is 0.153 e. The van der Waals surface area contributed by atoms with Crippen molar-refractivity contribution < 1.29 is 0 Å². The first-order chi connectivity index (χ1) is 7.83. The van der Waals surface area contributed by atoms with E-state index >= 15 is 0 Å². The van der Waals surface area contributed by atoms with Gasteiger partial charge < -0.3 is 10.6 Å². The second-order valence-corrected chi connectivity index (χ2v) is 4.04. The molecule has 2 N–H and O–H groups in total. The summed E-state index contributed by atoms with van der Waals surface area (Å²) < 4.78 is 0.